The predicted octanol–water partition coefficient (Wildman–Crippen LogP) is 3.94. The second-order valence-corrected chi connectivity index (χ2v) is 5.98. The fourth-order valence-electron chi connectivity index (χ4n) is 1.90. The molecular formula is C20H19ClFeN4S+2. The van der Waals surface area contributed by atoms with Gasteiger partial charge in [0, 0.05) is 22.2 Å². The van der Waals surface area contributed by atoms with E-state index in [1.807, 2.05) is 82.9 Å². The number of hydrogen-bond acceptors (Lipinski definition) is 3. The Kier molecular flexibility index (Phi) is 12.6. The number of hydrazone groups is 2. The van der Waals surface area contributed by atoms with Crippen LogP contribution in [-0.4, -0.2) is 17.0 Å². The van der Waals surface area contributed by atoms with Gasteiger partial charge in [0.2, 0.25) is 5.11 Å². The van der Waals surface area contributed by atoms with Crippen LogP contribution in [0.4, 0.5) is 0 Å². The largest absolute Gasteiger partial charge is 2.00 e. The molecule has 0 bridgehead atoms. The average Bonchev–Trinajstić information content (AvgIpc) is 3.37. The summed E-state index contributed by atoms with van der Waals surface area (Å²) in [6.07, 6.45) is 19.5. The molecule has 27 heavy (non-hydrogen) atoms. The van der Waals surface area contributed by atoms with E-state index in [1.165, 1.54) is 0 Å². The number of nitrogens with zero attached hydrogens (tertiary/aromatic N) is 2. The second kappa shape index (κ2) is 14.1. The Labute approximate surface area is 184 Å². The summed E-state index contributed by atoms with van der Waals surface area (Å²) in [4.78, 5) is 0. The molecule has 1 aromatic carbocycles. The van der Waals surface area contributed by atoms with E-state index in [0.29, 0.717) is 10.1 Å². The second-order valence-electron chi connectivity index (χ2n) is 5.17. The van der Waals surface area contributed by atoms with Gasteiger partial charge in [-0.2, -0.15) is 10.2 Å². The first kappa shape index (κ1) is 24.1. The first-order valence-corrected chi connectivity index (χ1v) is 8.72. The molecule has 0 unspecified atom stereocenters. The summed E-state index contributed by atoms with van der Waals surface area (Å²) in [5, 5.41) is 9.12. The zero-order chi connectivity index (χ0) is 18.6. The Morgan fingerprint density at radius 1 is 0.963 bits per heavy atom. The van der Waals surface area contributed by atoms with Crippen LogP contribution in [0.1, 0.15) is 12.5 Å². The zero-order valence-electron chi connectivity index (χ0n) is 14.6. The van der Waals surface area contributed by atoms with Crippen LogP contribution in [0, 0.1) is 63.7 Å². The monoisotopic (exact) mass is 438 g/mol. The van der Waals surface area contributed by atoms with Crippen LogP contribution in [0.3, 0.4) is 0 Å². The van der Waals surface area contributed by atoms with Gasteiger partial charge >= 0.3 is 17.1 Å². The predicted molar refractivity (Wildman–Crippen MR) is 113 cm³/mol. The Morgan fingerprint density at radius 2 is 1.56 bits per heavy atom. The summed E-state index contributed by atoms with van der Waals surface area (Å²) in [6.45, 7) is 1.90. The zero-order valence-corrected chi connectivity index (χ0v) is 17.3. The van der Waals surface area contributed by atoms with Crippen LogP contribution in [0.25, 0.3) is 0 Å². The van der Waals surface area contributed by atoms with Gasteiger partial charge in [0.25, 0.3) is 0 Å². The van der Waals surface area contributed by atoms with E-state index >= 15 is 0 Å². The van der Waals surface area contributed by atoms with Crippen molar-refractivity contribution in [3.8, 4) is 0 Å². The van der Waals surface area contributed by atoms with Gasteiger partial charge in [-0.15, -0.1) is 0 Å². The minimum atomic E-state index is 0. The quantitative estimate of drug-likeness (QED) is 0.324. The van der Waals surface area contributed by atoms with Crippen LogP contribution >= 0.6 is 23.8 Å². The van der Waals surface area contributed by atoms with Crippen molar-refractivity contribution in [1.29, 1.82) is 0 Å². The molecule has 3 rings (SSSR count). The molecule has 0 saturated heterocycles. The molecule has 0 amide bonds. The van der Waals surface area contributed by atoms with E-state index in [9.17, 15) is 0 Å². The molecule has 2 aliphatic rings. The molecule has 138 valence electrons. The SMILES string of the molecule is C/C(=N\NC(=S)N/N=C/c1ccccc1Cl)[C]1[CH][CH][CH][CH]1.[CH]1[CH][CH][CH][CH]1.[Fe+2]. The average molecular weight is 439 g/mol. The van der Waals surface area contributed by atoms with Gasteiger partial charge in [0.05, 0.1) is 6.21 Å². The number of rotatable bonds is 4. The molecule has 2 saturated carbocycles. The molecule has 2 fully saturated rings. The maximum atomic E-state index is 6.01. The van der Waals surface area contributed by atoms with E-state index in [4.69, 9.17) is 23.8 Å². The Balaban J connectivity index is 0.000000526. The van der Waals surface area contributed by atoms with Gasteiger partial charge in [-0.25, -0.2) is 0 Å². The number of halogens is 1. The summed E-state index contributed by atoms with van der Waals surface area (Å²) in [5.74, 6) is 1.05. The molecular weight excluding hydrogens is 420 g/mol. The van der Waals surface area contributed by atoms with Crippen molar-refractivity contribution in [2.75, 3.05) is 0 Å². The van der Waals surface area contributed by atoms with Gasteiger partial charge in [-0.05, 0) is 83.0 Å². The molecule has 10 radical (unpaired) electrons. The van der Waals surface area contributed by atoms with E-state index in [2.05, 4.69) is 21.1 Å². The number of benzene rings is 1. The van der Waals surface area contributed by atoms with Crippen molar-refractivity contribution in [2.24, 2.45) is 10.2 Å². The Hall–Kier alpha value is -0.941. The number of nitrogens with one attached hydrogen (secondary N) is 2. The minimum Gasteiger partial charge on any atom is -0.252 e. The van der Waals surface area contributed by atoms with Crippen LogP contribution < -0.4 is 10.9 Å². The summed E-state index contributed by atoms with van der Waals surface area (Å²) in [5.41, 5.74) is 7.07. The van der Waals surface area contributed by atoms with E-state index in [-0.39, 0.29) is 17.1 Å². The van der Waals surface area contributed by atoms with Crippen LogP contribution in [0.2, 0.25) is 5.02 Å². The fourth-order valence-corrected chi connectivity index (χ4v) is 2.18. The van der Waals surface area contributed by atoms with E-state index in [1.54, 1.807) is 12.3 Å². The molecule has 1 aromatic rings. The van der Waals surface area contributed by atoms with Gasteiger partial charge < -0.3 is 0 Å². The van der Waals surface area contributed by atoms with Crippen molar-refractivity contribution < 1.29 is 17.1 Å². The van der Waals surface area contributed by atoms with Gasteiger partial charge in [-0.1, -0.05) is 29.8 Å². The molecule has 2 aliphatic carbocycles. The summed E-state index contributed by atoms with van der Waals surface area (Å²) >= 11 is 11.1. The summed E-state index contributed by atoms with van der Waals surface area (Å²) in [6, 6.07) is 7.41. The van der Waals surface area contributed by atoms with Gasteiger partial charge in [0.1, 0.15) is 0 Å². The maximum Gasteiger partial charge on any atom is 2.00 e. The molecule has 0 atom stereocenters. The fraction of sp³-hybridized carbons (Fsp3) is 0.0500. The third-order valence-electron chi connectivity index (χ3n) is 3.24. The van der Waals surface area contributed by atoms with Crippen molar-refractivity contribution >= 4 is 40.9 Å². The topological polar surface area (TPSA) is 48.8 Å². The van der Waals surface area contributed by atoms with Gasteiger partial charge in [0.15, 0.2) is 0 Å². The molecule has 0 heterocycles. The van der Waals surface area contributed by atoms with Crippen molar-refractivity contribution in [2.45, 2.75) is 6.92 Å². The molecule has 7 heteroatoms. The molecule has 0 aromatic heterocycles. The molecule has 0 aliphatic heterocycles. The third kappa shape index (κ3) is 9.70. The Morgan fingerprint density at radius 3 is 2.15 bits per heavy atom. The van der Waals surface area contributed by atoms with E-state index < -0.39 is 0 Å². The van der Waals surface area contributed by atoms with Crippen LogP contribution in [0.15, 0.2) is 34.5 Å². The number of hydrogen-bond donors (Lipinski definition) is 2. The number of thiocarbonyl (C=S) groups is 1. The molecule has 2 N–H and O–H groups in total. The van der Waals surface area contributed by atoms with Crippen molar-refractivity contribution in [1.82, 2.24) is 10.9 Å². The van der Waals surface area contributed by atoms with Crippen LogP contribution in [-0.2, 0) is 17.1 Å². The smallest absolute Gasteiger partial charge is 0.252 e. The minimum absolute atomic E-state index is 0. The first-order valence-electron chi connectivity index (χ1n) is 7.93. The summed E-state index contributed by atoms with van der Waals surface area (Å²) < 4.78 is 0. The normalized spacial score (nSPS) is 17.2. The standard InChI is InChI=1S/C15H14ClN4S.C5H5.Fe/c1-11(12-6-2-3-7-12)18-20-15(21)19-17-10-13-8-4-5-9-14(13)16;1-2-4-5-3-1;/h2-10H,1H3,(H2,19,20,21);1-5H;/q;;+2/b17-10+,18-11+;;. The van der Waals surface area contributed by atoms with E-state index in [0.717, 1.165) is 17.2 Å². The first-order chi connectivity index (χ1) is 12.7. The molecule has 0 spiro atoms. The molecule has 4 nitrogen and oxygen atoms in total. The van der Waals surface area contributed by atoms with Crippen LogP contribution in [0.5, 0.6) is 0 Å². The Bertz CT molecular complexity index is 619. The van der Waals surface area contributed by atoms with Crippen molar-refractivity contribution in [3.63, 3.8) is 0 Å². The van der Waals surface area contributed by atoms with Crippen molar-refractivity contribution in [3.05, 3.63) is 98.6 Å². The third-order valence-corrected chi connectivity index (χ3v) is 3.76. The summed E-state index contributed by atoms with van der Waals surface area (Å²) in [7, 11) is 0. The van der Waals surface area contributed by atoms with Gasteiger partial charge in [-0.3, -0.25) is 10.9 Å². The maximum absolute atomic E-state index is 6.01.